The molecular formula is C25H32N6OS. The minimum atomic E-state index is 0.112. The second-order valence-electron chi connectivity index (χ2n) is 8.54. The van der Waals surface area contributed by atoms with Gasteiger partial charge in [0.15, 0.2) is 0 Å². The summed E-state index contributed by atoms with van der Waals surface area (Å²) in [6.45, 7) is 8.18. The van der Waals surface area contributed by atoms with Crippen molar-refractivity contribution in [1.29, 1.82) is 0 Å². The van der Waals surface area contributed by atoms with E-state index in [0.717, 1.165) is 58.7 Å². The van der Waals surface area contributed by atoms with Crippen molar-refractivity contribution < 1.29 is 4.74 Å². The molecule has 3 aromatic rings. The number of aryl methyl sites for hydroxylation is 1. The molecule has 0 amide bonds. The van der Waals surface area contributed by atoms with Crippen LogP contribution in [0.2, 0.25) is 0 Å². The van der Waals surface area contributed by atoms with Gasteiger partial charge in [-0.25, -0.2) is 9.97 Å². The van der Waals surface area contributed by atoms with Gasteiger partial charge in [-0.1, -0.05) is 18.2 Å². The monoisotopic (exact) mass is 464 g/mol. The maximum absolute atomic E-state index is 6.46. The van der Waals surface area contributed by atoms with Gasteiger partial charge >= 0.3 is 0 Å². The van der Waals surface area contributed by atoms with Gasteiger partial charge in [-0.05, 0) is 58.8 Å². The zero-order chi connectivity index (χ0) is 23.4. The Balaban J connectivity index is 1.70. The number of amidine groups is 1. The average Bonchev–Trinajstić information content (AvgIpc) is 3.14. The maximum Gasteiger partial charge on any atom is 0.228 e. The van der Waals surface area contributed by atoms with Gasteiger partial charge in [0.05, 0.1) is 23.5 Å². The first-order valence-corrected chi connectivity index (χ1v) is 12.2. The van der Waals surface area contributed by atoms with Crippen LogP contribution in [0.5, 0.6) is 5.75 Å². The van der Waals surface area contributed by atoms with Crippen LogP contribution in [0.15, 0.2) is 47.2 Å². The van der Waals surface area contributed by atoms with Gasteiger partial charge in [-0.15, -0.1) is 11.3 Å². The number of rotatable bonds is 6. The number of hydrogen-bond donors (Lipinski definition) is 3. The highest BCUT2D eigenvalue weighted by Gasteiger charge is 2.19. The molecule has 8 heteroatoms. The molecule has 2 aromatic heterocycles. The average molecular weight is 465 g/mol. The van der Waals surface area contributed by atoms with Crippen molar-refractivity contribution in [3.05, 3.63) is 47.1 Å². The molecule has 1 aliphatic rings. The Bertz CT molecular complexity index is 1180. The summed E-state index contributed by atoms with van der Waals surface area (Å²) >= 11 is 1.68. The van der Waals surface area contributed by atoms with Crippen molar-refractivity contribution in [3.8, 4) is 16.9 Å². The smallest absolute Gasteiger partial charge is 0.228 e. The summed E-state index contributed by atoms with van der Waals surface area (Å²) < 4.78 is 6.65. The van der Waals surface area contributed by atoms with Gasteiger partial charge in [0, 0.05) is 33.7 Å². The lowest BCUT2D eigenvalue weighted by Crippen LogP contribution is -2.31. The van der Waals surface area contributed by atoms with Crippen molar-refractivity contribution in [2.75, 3.05) is 25.5 Å². The van der Waals surface area contributed by atoms with E-state index < -0.39 is 0 Å². The third-order valence-electron chi connectivity index (χ3n) is 5.73. The molecule has 0 atom stereocenters. The number of piperidine rings is 1. The molecule has 0 unspecified atom stereocenters. The molecule has 3 heterocycles. The number of nitrogens with two attached hydrogens (primary N) is 1. The van der Waals surface area contributed by atoms with Gasteiger partial charge in [-0.2, -0.15) is 0 Å². The number of methoxy groups -OCH3 is 1. The number of thiophene rings is 1. The molecule has 1 aromatic carbocycles. The van der Waals surface area contributed by atoms with Crippen LogP contribution in [-0.2, 0) is 0 Å². The molecule has 33 heavy (non-hydrogen) atoms. The van der Waals surface area contributed by atoms with Crippen molar-refractivity contribution in [2.24, 2.45) is 16.6 Å². The largest absolute Gasteiger partial charge is 0.496 e. The Morgan fingerprint density at radius 2 is 2.06 bits per heavy atom. The second-order valence-corrected chi connectivity index (χ2v) is 9.80. The van der Waals surface area contributed by atoms with E-state index >= 15 is 0 Å². The predicted octanol–water partition coefficient (Wildman–Crippen LogP) is 4.74. The quantitative estimate of drug-likeness (QED) is 0.360. The summed E-state index contributed by atoms with van der Waals surface area (Å²) in [4.78, 5) is 15.4. The molecule has 1 saturated heterocycles. The molecule has 174 valence electrons. The molecule has 4 N–H and O–H groups in total. The molecule has 0 radical (unpaired) electrons. The third kappa shape index (κ3) is 5.34. The van der Waals surface area contributed by atoms with Crippen molar-refractivity contribution in [1.82, 2.24) is 15.3 Å². The zero-order valence-corrected chi connectivity index (χ0v) is 20.5. The minimum absolute atomic E-state index is 0.112. The molecule has 0 saturated carbocycles. The molecule has 0 spiro atoms. The maximum atomic E-state index is 6.46. The highest BCUT2D eigenvalue weighted by atomic mass is 32.1. The topological polar surface area (TPSA) is 97.5 Å². The zero-order valence-electron chi connectivity index (χ0n) is 19.7. The number of ether oxygens (including phenoxy) is 1. The summed E-state index contributed by atoms with van der Waals surface area (Å²) in [5.41, 5.74) is 10.3. The molecule has 1 fully saturated rings. The lowest BCUT2D eigenvalue weighted by atomic mass is 9.94. The molecule has 7 nitrogen and oxygen atoms in total. The SMILES string of the molecule is COc1ccccc1-c1c(C)sc2cnc(NC(C=C(N)C3CCNCC3)=NC(C)C)nc12. The van der Waals surface area contributed by atoms with Crippen LogP contribution < -0.4 is 21.1 Å². The first-order valence-electron chi connectivity index (χ1n) is 11.4. The van der Waals surface area contributed by atoms with Gasteiger partial charge in [-0.3, -0.25) is 4.99 Å². The molecule has 0 bridgehead atoms. The molecular weight excluding hydrogens is 432 g/mol. The van der Waals surface area contributed by atoms with Gasteiger partial charge < -0.3 is 21.1 Å². The summed E-state index contributed by atoms with van der Waals surface area (Å²) in [6.07, 6.45) is 5.89. The number of hydrogen-bond acceptors (Lipinski definition) is 7. The molecule has 0 aliphatic carbocycles. The number of para-hydroxylation sites is 1. The number of fused-ring (bicyclic) bond motifs is 1. The van der Waals surface area contributed by atoms with Crippen LogP contribution in [0.4, 0.5) is 5.95 Å². The van der Waals surface area contributed by atoms with E-state index in [2.05, 4.69) is 28.6 Å². The summed E-state index contributed by atoms with van der Waals surface area (Å²) in [5.74, 6) is 2.38. The number of anilines is 1. The van der Waals surface area contributed by atoms with Crippen LogP contribution in [0.3, 0.4) is 0 Å². The number of nitrogens with zero attached hydrogens (tertiary/aromatic N) is 3. The standard InChI is InChI=1S/C25H32N6OS/c1-15(2)29-22(13-19(26)17-9-11-27-12-10-17)30-25-28-14-21-24(31-25)23(16(3)33-21)18-7-5-6-8-20(18)32-4/h5-8,13-15,17,27H,9-12,26H2,1-4H3,(H,28,29,30,31). The summed E-state index contributed by atoms with van der Waals surface area (Å²) in [5, 5.41) is 6.70. The van der Waals surface area contributed by atoms with Crippen molar-refractivity contribution in [2.45, 2.75) is 39.7 Å². The van der Waals surface area contributed by atoms with E-state index in [9.17, 15) is 0 Å². The summed E-state index contributed by atoms with van der Waals surface area (Å²) in [7, 11) is 1.69. The predicted molar refractivity (Wildman–Crippen MR) is 138 cm³/mol. The number of aromatic nitrogens is 2. The Morgan fingerprint density at radius 3 is 2.79 bits per heavy atom. The van der Waals surface area contributed by atoms with Crippen LogP contribution in [0.25, 0.3) is 21.3 Å². The summed E-state index contributed by atoms with van der Waals surface area (Å²) in [6, 6.07) is 8.14. The lowest BCUT2D eigenvalue weighted by Gasteiger charge is -2.23. The van der Waals surface area contributed by atoms with E-state index in [-0.39, 0.29) is 6.04 Å². The fraction of sp³-hybridized carbons (Fsp3) is 0.400. The van der Waals surface area contributed by atoms with E-state index in [4.69, 9.17) is 20.4 Å². The molecule has 4 rings (SSSR count). The Morgan fingerprint density at radius 1 is 1.30 bits per heavy atom. The van der Waals surface area contributed by atoms with E-state index in [0.29, 0.717) is 17.7 Å². The van der Waals surface area contributed by atoms with Crippen LogP contribution in [0.1, 0.15) is 31.6 Å². The minimum Gasteiger partial charge on any atom is -0.496 e. The highest BCUT2D eigenvalue weighted by molar-refractivity contribution is 7.19. The van der Waals surface area contributed by atoms with Gasteiger partial charge in [0.2, 0.25) is 5.95 Å². The number of benzene rings is 1. The van der Waals surface area contributed by atoms with Crippen LogP contribution in [0, 0.1) is 12.8 Å². The number of nitrogens with one attached hydrogen (secondary N) is 2. The third-order valence-corrected chi connectivity index (χ3v) is 6.76. The Hall–Kier alpha value is -2.97. The van der Waals surface area contributed by atoms with Crippen LogP contribution in [-0.4, -0.2) is 42.0 Å². The van der Waals surface area contributed by atoms with E-state index in [1.54, 1.807) is 18.4 Å². The highest BCUT2D eigenvalue weighted by Crippen LogP contribution is 2.41. The second kappa shape index (κ2) is 10.3. The fourth-order valence-electron chi connectivity index (χ4n) is 4.17. The van der Waals surface area contributed by atoms with Crippen LogP contribution >= 0.6 is 11.3 Å². The van der Waals surface area contributed by atoms with E-state index in [1.165, 1.54) is 4.88 Å². The van der Waals surface area contributed by atoms with Crippen molar-refractivity contribution >= 4 is 33.3 Å². The lowest BCUT2D eigenvalue weighted by molar-refractivity contribution is 0.416. The van der Waals surface area contributed by atoms with Gasteiger partial charge in [0.25, 0.3) is 0 Å². The van der Waals surface area contributed by atoms with Crippen molar-refractivity contribution in [3.63, 3.8) is 0 Å². The normalized spacial score (nSPS) is 15.9. The number of aliphatic imine (C=N–C) groups is 1. The fourth-order valence-corrected chi connectivity index (χ4v) is 5.15. The first kappa shape index (κ1) is 23.2. The first-order chi connectivity index (χ1) is 16.0. The number of allylic oxidation sites excluding steroid dienone is 1. The van der Waals surface area contributed by atoms with Gasteiger partial charge in [0.1, 0.15) is 11.6 Å². The Labute approximate surface area is 199 Å². The molecule has 1 aliphatic heterocycles. The Kier molecular flexibility index (Phi) is 7.25. The van der Waals surface area contributed by atoms with E-state index in [1.807, 2.05) is 44.3 Å².